The van der Waals surface area contributed by atoms with Gasteiger partial charge in [-0.2, -0.15) is 5.10 Å². The van der Waals surface area contributed by atoms with E-state index >= 15 is 0 Å². The second-order valence-electron chi connectivity index (χ2n) is 3.87. The van der Waals surface area contributed by atoms with Crippen LogP contribution in [0.15, 0.2) is 29.2 Å². The van der Waals surface area contributed by atoms with Crippen molar-refractivity contribution in [2.24, 2.45) is 0 Å². The minimum atomic E-state index is -3.65. The molecule has 0 aliphatic heterocycles. The normalized spacial score (nSPS) is 11.5. The molecule has 0 spiro atoms. The number of hydrogen-bond acceptors (Lipinski definition) is 3. The fourth-order valence-corrected chi connectivity index (χ4v) is 3.01. The van der Waals surface area contributed by atoms with E-state index in [1.165, 1.54) is 12.1 Å². The van der Waals surface area contributed by atoms with E-state index in [1.54, 1.807) is 26.0 Å². The zero-order valence-electron chi connectivity index (χ0n) is 9.86. The highest BCUT2D eigenvalue weighted by atomic mass is 35.5. The number of aromatic amines is 1. The van der Waals surface area contributed by atoms with E-state index in [4.69, 9.17) is 11.6 Å². The summed E-state index contributed by atoms with van der Waals surface area (Å²) in [6, 6.07) is 6.09. The molecular formula is C11H12ClN3O2S. The van der Waals surface area contributed by atoms with Crippen molar-refractivity contribution in [1.82, 2.24) is 10.2 Å². The molecule has 0 unspecified atom stereocenters. The first-order chi connectivity index (χ1) is 8.40. The maximum atomic E-state index is 12.1. The number of nitrogens with zero attached hydrogens (tertiary/aromatic N) is 1. The number of halogens is 1. The highest BCUT2D eigenvalue weighted by Crippen LogP contribution is 2.22. The lowest BCUT2D eigenvalue weighted by Crippen LogP contribution is -2.13. The predicted molar refractivity (Wildman–Crippen MR) is 70.3 cm³/mol. The zero-order valence-corrected chi connectivity index (χ0v) is 11.4. The van der Waals surface area contributed by atoms with E-state index in [2.05, 4.69) is 14.9 Å². The average molecular weight is 286 g/mol. The second-order valence-corrected chi connectivity index (χ2v) is 5.99. The van der Waals surface area contributed by atoms with Gasteiger partial charge in [0.05, 0.1) is 22.0 Å². The lowest BCUT2D eigenvalue weighted by molar-refractivity contribution is 0.601. The fourth-order valence-electron chi connectivity index (χ4n) is 1.53. The Morgan fingerprint density at radius 3 is 2.61 bits per heavy atom. The third-order valence-corrected chi connectivity index (χ3v) is 4.05. The van der Waals surface area contributed by atoms with Gasteiger partial charge < -0.3 is 0 Å². The summed E-state index contributed by atoms with van der Waals surface area (Å²) in [7, 11) is -3.65. The van der Waals surface area contributed by atoms with Gasteiger partial charge in [0.1, 0.15) is 0 Å². The number of aromatic nitrogens is 2. The van der Waals surface area contributed by atoms with Gasteiger partial charge in [-0.15, -0.1) is 0 Å². The molecule has 0 aliphatic rings. The molecule has 0 atom stereocenters. The third-order valence-electron chi connectivity index (χ3n) is 2.47. The Kier molecular flexibility index (Phi) is 3.32. The Bertz CT molecular complexity index is 660. The molecule has 0 aliphatic carbocycles. The van der Waals surface area contributed by atoms with Crippen LogP contribution in [-0.2, 0) is 10.0 Å². The number of benzene rings is 1. The molecule has 0 fully saturated rings. The SMILES string of the molecule is Cc1n[nH]c(C)c1NS(=O)(=O)c1cccc(Cl)c1. The Balaban J connectivity index is 2.39. The molecule has 96 valence electrons. The molecule has 0 bridgehead atoms. The molecule has 2 rings (SSSR count). The summed E-state index contributed by atoms with van der Waals surface area (Å²) in [5, 5.41) is 7.03. The summed E-state index contributed by atoms with van der Waals surface area (Å²) < 4.78 is 26.8. The van der Waals surface area contributed by atoms with Gasteiger partial charge in [-0.1, -0.05) is 17.7 Å². The van der Waals surface area contributed by atoms with Gasteiger partial charge in [-0.25, -0.2) is 8.42 Å². The summed E-state index contributed by atoms with van der Waals surface area (Å²) >= 11 is 5.78. The fraction of sp³-hybridized carbons (Fsp3) is 0.182. The quantitative estimate of drug-likeness (QED) is 0.910. The summed E-state index contributed by atoms with van der Waals surface area (Å²) in [5.74, 6) is 0. The molecule has 0 saturated carbocycles. The van der Waals surface area contributed by atoms with Crippen molar-refractivity contribution >= 4 is 27.3 Å². The molecule has 2 aromatic rings. The first-order valence-electron chi connectivity index (χ1n) is 5.20. The molecule has 2 N–H and O–H groups in total. The summed E-state index contributed by atoms with van der Waals surface area (Å²) in [6.45, 7) is 3.47. The van der Waals surface area contributed by atoms with Crippen molar-refractivity contribution in [3.63, 3.8) is 0 Å². The summed E-state index contributed by atoms with van der Waals surface area (Å²) in [6.07, 6.45) is 0. The standard InChI is InChI=1S/C11H12ClN3O2S/c1-7-11(8(2)14-13-7)15-18(16,17)10-5-3-4-9(12)6-10/h3-6,15H,1-2H3,(H,13,14). The lowest BCUT2D eigenvalue weighted by atomic mass is 10.3. The van der Waals surface area contributed by atoms with E-state index in [1.807, 2.05) is 0 Å². The molecule has 0 amide bonds. The van der Waals surface area contributed by atoms with E-state index in [-0.39, 0.29) is 4.90 Å². The van der Waals surface area contributed by atoms with Crippen molar-refractivity contribution in [2.45, 2.75) is 18.7 Å². The van der Waals surface area contributed by atoms with Crippen molar-refractivity contribution < 1.29 is 8.42 Å². The number of hydrogen-bond donors (Lipinski definition) is 2. The summed E-state index contributed by atoms with van der Waals surface area (Å²) in [5.41, 5.74) is 1.73. The van der Waals surface area contributed by atoms with E-state index in [9.17, 15) is 8.42 Å². The maximum Gasteiger partial charge on any atom is 0.262 e. The zero-order chi connectivity index (χ0) is 13.3. The van der Waals surface area contributed by atoms with Crippen LogP contribution >= 0.6 is 11.6 Å². The topological polar surface area (TPSA) is 74.8 Å². The van der Waals surface area contributed by atoms with E-state index < -0.39 is 10.0 Å². The molecular weight excluding hydrogens is 274 g/mol. The Labute approximate surface area is 110 Å². The van der Waals surface area contributed by atoms with Crippen molar-refractivity contribution in [3.8, 4) is 0 Å². The van der Waals surface area contributed by atoms with Crippen molar-refractivity contribution in [1.29, 1.82) is 0 Å². The van der Waals surface area contributed by atoms with Crippen LogP contribution in [-0.4, -0.2) is 18.6 Å². The van der Waals surface area contributed by atoms with Gasteiger partial charge in [0.25, 0.3) is 10.0 Å². The summed E-state index contributed by atoms with van der Waals surface area (Å²) in [4.78, 5) is 0.120. The Hall–Kier alpha value is -1.53. The monoisotopic (exact) mass is 285 g/mol. The molecule has 1 heterocycles. The van der Waals surface area contributed by atoms with Gasteiger partial charge in [-0.3, -0.25) is 9.82 Å². The predicted octanol–water partition coefficient (Wildman–Crippen LogP) is 2.48. The van der Waals surface area contributed by atoms with E-state index in [0.717, 1.165) is 0 Å². The van der Waals surface area contributed by atoms with Crippen LogP contribution in [0.1, 0.15) is 11.4 Å². The highest BCUT2D eigenvalue weighted by Gasteiger charge is 2.18. The van der Waals surface area contributed by atoms with Crippen molar-refractivity contribution in [2.75, 3.05) is 4.72 Å². The number of rotatable bonds is 3. The van der Waals surface area contributed by atoms with Gasteiger partial charge >= 0.3 is 0 Å². The van der Waals surface area contributed by atoms with Crippen LogP contribution < -0.4 is 4.72 Å². The van der Waals surface area contributed by atoms with Gasteiger partial charge in [-0.05, 0) is 32.0 Å². The molecule has 0 radical (unpaired) electrons. The molecule has 18 heavy (non-hydrogen) atoms. The highest BCUT2D eigenvalue weighted by molar-refractivity contribution is 7.92. The van der Waals surface area contributed by atoms with Gasteiger partial charge in [0.2, 0.25) is 0 Å². The number of nitrogens with one attached hydrogen (secondary N) is 2. The van der Waals surface area contributed by atoms with Crippen LogP contribution in [0.2, 0.25) is 5.02 Å². The first kappa shape index (κ1) is 12.9. The molecule has 7 heteroatoms. The molecule has 5 nitrogen and oxygen atoms in total. The van der Waals surface area contributed by atoms with Gasteiger partial charge in [0.15, 0.2) is 0 Å². The number of H-pyrrole nitrogens is 1. The largest absolute Gasteiger partial charge is 0.280 e. The third kappa shape index (κ3) is 2.49. The average Bonchev–Trinajstić information content (AvgIpc) is 2.60. The number of aryl methyl sites for hydroxylation is 2. The first-order valence-corrected chi connectivity index (χ1v) is 7.06. The second kappa shape index (κ2) is 4.62. The number of sulfonamides is 1. The minimum absolute atomic E-state index is 0.120. The Morgan fingerprint density at radius 2 is 2.06 bits per heavy atom. The molecule has 1 aromatic heterocycles. The molecule has 1 aromatic carbocycles. The smallest absolute Gasteiger partial charge is 0.262 e. The van der Waals surface area contributed by atoms with Crippen LogP contribution in [0.25, 0.3) is 0 Å². The van der Waals surface area contributed by atoms with Crippen LogP contribution in [0.5, 0.6) is 0 Å². The molecule has 0 saturated heterocycles. The lowest BCUT2D eigenvalue weighted by Gasteiger charge is -2.08. The number of anilines is 1. The van der Waals surface area contributed by atoms with Crippen LogP contribution in [0.4, 0.5) is 5.69 Å². The van der Waals surface area contributed by atoms with Crippen LogP contribution in [0.3, 0.4) is 0 Å². The Morgan fingerprint density at radius 1 is 1.33 bits per heavy atom. The van der Waals surface area contributed by atoms with Crippen molar-refractivity contribution in [3.05, 3.63) is 40.7 Å². The maximum absolute atomic E-state index is 12.1. The minimum Gasteiger partial charge on any atom is -0.280 e. The van der Waals surface area contributed by atoms with Gasteiger partial charge in [0, 0.05) is 5.02 Å². The van der Waals surface area contributed by atoms with E-state index in [0.29, 0.717) is 22.1 Å². The van der Waals surface area contributed by atoms with Crippen LogP contribution in [0, 0.1) is 13.8 Å².